The van der Waals surface area contributed by atoms with Crippen molar-refractivity contribution in [1.82, 2.24) is 20.1 Å². The summed E-state index contributed by atoms with van der Waals surface area (Å²) in [5.74, 6) is 0. The lowest BCUT2D eigenvalue weighted by Gasteiger charge is -2.18. The van der Waals surface area contributed by atoms with Gasteiger partial charge in [0.1, 0.15) is 0 Å². The molecule has 1 unspecified atom stereocenters. The number of aromatic nitrogens is 3. The number of hydrogen-bond donors (Lipinski definition) is 1. The Bertz CT molecular complexity index is 504. The van der Waals surface area contributed by atoms with Crippen LogP contribution in [0.3, 0.4) is 0 Å². The van der Waals surface area contributed by atoms with Crippen molar-refractivity contribution in [1.29, 1.82) is 0 Å². The smallest absolute Gasteiger partial charge is 0.0596 e. The minimum atomic E-state index is 0.314. The molecule has 2 aromatic heterocycles. The molecule has 0 saturated carbocycles. The molecule has 0 aliphatic heterocycles. The Kier molecular flexibility index (Phi) is 4.68. The molecule has 0 radical (unpaired) electrons. The molecule has 0 saturated heterocycles. The molecule has 1 atom stereocenters. The maximum Gasteiger partial charge on any atom is 0.0596 e. The van der Waals surface area contributed by atoms with Gasteiger partial charge in [0.25, 0.3) is 0 Å². The van der Waals surface area contributed by atoms with E-state index < -0.39 is 0 Å². The first-order chi connectivity index (χ1) is 9.24. The molecule has 0 fully saturated rings. The van der Waals surface area contributed by atoms with Gasteiger partial charge in [0.15, 0.2) is 0 Å². The van der Waals surface area contributed by atoms with Crippen molar-refractivity contribution in [2.24, 2.45) is 0 Å². The first kappa shape index (κ1) is 13.7. The largest absolute Gasteiger partial charge is 0.310 e. The molecule has 0 aromatic carbocycles. The molecule has 2 heterocycles. The molecule has 19 heavy (non-hydrogen) atoms. The van der Waals surface area contributed by atoms with E-state index in [0.29, 0.717) is 6.04 Å². The van der Waals surface area contributed by atoms with Gasteiger partial charge in [0.2, 0.25) is 0 Å². The fraction of sp³-hybridized carbons (Fsp3) is 0.467. The van der Waals surface area contributed by atoms with Crippen molar-refractivity contribution in [3.05, 3.63) is 47.5 Å². The highest BCUT2D eigenvalue weighted by molar-refractivity contribution is 5.19. The molecule has 0 amide bonds. The fourth-order valence-corrected chi connectivity index (χ4v) is 2.40. The maximum atomic E-state index is 4.51. The van der Waals surface area contributed by atoms with E-state index >= 15 is 0 Å². The van der Waals surface area contributed by atoms with E-state index in [1.54, 1.807) is 0 Å². The predicted molar refractivity (Wildman–Crippen MR) is 77.0 cm³/mol. The van der Waals surface area contributed by atoms with Crippen LogP contribution in [-0.2, 0) is 13.0 Å². The third kappa shape index (κ3) is 3.41. The van der Waals surface area contributed by atoms with Crippen LogP contribution >= 0.6 is 0 Å². The molecule has 4 heteroatoms. The molecule has 102 valence electrons. The zero-order valence-electron chi connectivity index (χ0n) is 11.9. The van der Waals surface area contributed by atoms with Crippen molar-refractivity contribution < 1.29 is 0 Å². The maximum absolute atomic E-state index is 4.51. The first-order valence-electron chi connectivity index (χ1n) is 6.91. The highest BCUT2D eigenvalue weighted by atomic mass is 15.3. The van der Waals surface area contributed by atoms with Crippen LogP contribution in [0.25, 0.3) is 0 Å². The van der Waals surface area contributed by atoms with Gasteiger partial charge in [-0.2, -0.15) is 5.10 Å². The Hall–Kier alpha value is -1.68. The second kappa shape index (κ2) is 6.48. The summed E-state index contributed by atoms with van der Waals surface area (Å²) in [5, 5.41) is 8.05. The molecule has 0 bridgehead atoms. The zero-order chi connectivity index (χ0) is 13.7. The van der Waals surface area contributed by atoms with Crippen LogP contribution in [0.5, 0.6) is 0 Å². The lowest BCUT2D eigenvalue weighted by Crippen LogP contribution is -2.24. The number of pyridine rings is 1. The fourth-order valence-electron chi connectivity index (χ4n) is 2.40. The van der Waals surface area contributed by atoms with Crippen molar-refractivity contribution in [3.8, 4) is 0 Å². The van der Waals surface area contributed by atoms with E-state index in [4.69, 9.17) is 0 Å². The summed E-state index contributed by atoms with van der Waals surface area (Å²) >= 11 is 0. The van der Waals surface area contributed by atoms with Gasteiger partial charge in [-0.15, -0.1) is 0 Å². The van der Waals surface area contributed by atoms with Crippen LogP contribution in [0.1, 0.15) is 36.8 Å². The minimum absolute atomic E-state index is 0.314. The summed E-state index contributed by atoms with van der Waals surface area (Å²) in [5.41, 5.74) is 3.64. The molecule has 2 rings (SSSR count). The van der Waals surface area contributed by atoms with Crippen molar-refractivity contribution in [2.45, 2.75) is 39.8 Å². The molecule has 1 N–H and O–H groups in total. The Morgan fingerprint density at radius 3 is 2.63 bits per heavy atom. The SMILES string of the molecule is CCNC(Cc1cc(C)nn1CC)c1ccncc1. The summed E-state index contributed by atoms with van der Waals surface area (Å²) in [4.78, 5) is 4.09. The minimum Gasteiger partial charge on any atom is -0.310 e. The number of nitrogens with zero attached hydrogens (tertiary/aromatic N) is 3. The Balaban J connectivity index is 2.21. The van der Waals surface area contributed by atoms with Gasteiger partial charge in [-0.1, -0.05) is 6.92 Å². The highest BCUT2D eigenvalue weighted by Gasteiger charge is 2.14. The zero-order valence-corrected chi connectivity index (χ0v) is 11.9. The van der Waals surface area contributed by atoms with E-state index in [1.807, 2.05) is 19.3 Å². The van der Waals surface area contributed by atoms with Crippen LogP contribution in [0.15, 0.2) is 30.6 Å². The second-order valence-corrected chi connectivity index (χ2v) is 4.69. The number of aryl methyl sites for hydroxylation is 2. The highest BCUT2D eigenvalue weighted by Crippen LogP contribution is 2.18. The van der Waals surface area contributed by atoms with Crippen LogP contribution < -0.4 is 5.32 Å². The Morgan fingerprint density at radius 1 is 1.26 bits per heavy atom. The monoisotopic (exact) mass is 258 g/mol. The van der Waals surface area contributed by atoms with E-state index in [2.05, 4.69) is 52.1 Å². The van der Waals surface area contributed by atoms with E-state index in [1.165, 1.54) is 11.3 Å². The first-order valence-corrected chi connectivity index (χ1v) is 6.91. The summed E-state index contributed by atoms with van der Waals surface area (Å²) in [6, 6.07) is 6.64. The molecular formula is C15H22N4. The van der Waals surface area contributed by atoms with E-state index in [-0.39, 0.29) is 0 Å². The topological polar surface area (TPSA) is 42.7 Å². The van der Waals surface area contributed by atoms with Gasteiger partial charge >= 0.3 is 0 Å². The Morgan fingerprint density at radius 2 is 2.00 bits per heavy atom. The average molecular weight is 258 g/mol. The Labute approximate surface area is 114 Å². The second-order valence-electron chi connectivity index (χ2n) is 4.69. The quantitative estimate of drug-likeness (QED) is 0.865. The lowest BCUT2D eigenvalue weighted by molar-refractivity contribution is 0.516. The van der Waals surface area contributed by atoms with Crippen LogP contribution in [-0.4, -0.2) is 21.3 Å². The normalized spacial score (nSPS) is 12.6. The van der Waals surface area contributed by atoms with Gasteiger partial charge in [-0.25, -0.2) is 0 Å². The third-order valence-electron chi connectivity index (χ3n) is 3.26. The summed E-state index contributed by atoms with van der Waals surface area (Å²) in [7, 11) is 0. The van der Waals surface area contributed by atoms with Gasteiger partial charge in [0.05, 0.1) is 5.69 Å². The van der Waals surface area contributed by atoms with Crippen molar-refractivity contribution in [3.63, 3.8) is 0 Å². The molecule has 0 spiro atoms. The number of nitrogens with one attached hydrogen (secondary N) is 1. The van der Waals surface area contributed by atoms with Gasteiger partial charge in [-0.05, 0) is 44.2 Å². The van der Waals surface area contributed by atoms with Crippen LogP contribution in [0.2, 0.25) is 0 Å². The standard InChI is InChI=1S/C15H22N4/c1-4-17-15(13-6-8-16-9-7-13)11-14-10-12(3)18-19(14)5-2/h6-10,15,17H,4-5,11H2,1-3H3. The van der Waals surface area contributed by atoms with Gasteiger partial charge in [-0.3, -0.25) is 9.67 Å². The van der Waals surface area contributed by atoms with Crippen molar-refractivity contribution >= 4 is 0 Å². The summed E-state index contributed by atoms with van der Waals surface area (Å²) in [6.07, 6.45) is 4.65. The number of rotatable bonds is 6. The van der Waals surface area contributed by atoms with Gasteiger partial charge < -0.3 is 5.32 Å². The third-order valence-corrected chi connectivity index (χ3v) is 3.26. The van der Waals surface area contributed by atoms with E-state index in [9.17, 15) is 0 Å². The summed E-state index contributed by atoms with van der Waals surface area (Å²) < 4.78 is 2.08. The molecule has 4 nitrogen and oxygen atoms in total. The number of likely N-dealkylation sites (N-methyl/N-ethyl adjacent to an activating group) is 1. The predicted octanol–water partition coefficient (Wildman–Crippen LogP) is 2.50. The van der Waals surface area contributed by atoms with Crippen molar-refractivity contribution in [2.75, 3.05) is 6.54 Å². The number of hydrogen-bond acceptors (Lipinski definition) is 3. The molecule has 0 aliphatic carbocycles. The molecule has 2 aromatic rings. The van der Waals surface area contributed by atoms with Gasteiger partial charge in [0, 0.05) is 37.1 Å². The lowest BCUT2D eigenvalue weighted by atomic mass is 10.0. The van der Waals surface area contributed by atoms with Crippen LogP contribution in [0, 0.1) is 6.92 Å². The molecule has 0 aliphatic rings. The summed E-state index contributed by atoms with van der Waals surface area (Å²) in [6.45, 7) is 8.18. The molecular weight excluding hydrogens is 236 g/mol. The average Bonchev–Trinajstić information content (AvgIpc) is 2.79. The van der Waals surface area contributed by atoms with E-state index in [0.717, 1.165) is 25.2 Å². The van der Waals surface area contributed by atoms with Crippen LogP contribution in [0.4, 0.5) is 0 Å².